The number of anilines is 1. The molecular weight excluding hydrogens is 509 g/mol. The summed E-state index contributed by atoms with van der Waals surface area (Å²) in [5.74, 6) is -0.781. The van der Waals surface area contributed by atoms with Crippen molar-refractivity contribution in [3.05, 3.63) is 89.7 Å². The molecule has 1 aromatic heterocycles. The average molecular weight is 538 g/mol. The number of hydrogen-bond acceptors (Lipinski definition) is 5. The van der Waals surface area contributed by atoms with Crippen LogP contribution in [-0.2, 0) is 16.6 Å². The molecule has 0 radical (unpaired) electrons. The molecule has 5 rings (SSSR count). The highest BCUT2D eigenvalue weighted by Gasteiger charge is 2.29. The predicted octanol–water partition coefficient (Wildman–Crippen LogP) is 6.24. The van der Waals surface area contributed by atoms with Crippen LogP contribution in [0.15, 0.2) is 77.7 Å². The maximum Gasteiger partial charge on any atom is 0.260 e. The van der Waals surface area contributed by atoms with Crippen molar-refractivity contribution in [1.29, 1.82) is 0 Å². The van der Waals surface area contributed by atoms with Crippen molar-refractivity contribution >= 4 is 42.6 Å². The number of amides is 1. The summed E-state index contributed by atoms with van der Waals surface area (Å²) in [6.07, 6.45) is 4.94. The lowest BCUT2D eigenvalue weighted by Crippen LogP contribution is -2.38. The molecule has 192 valence electrons. The zero-order valence-electron chi connectivity index (χ0n) is 20.5. The highest BCUT2D eigenvalue weighted by atomic mass is 32.2. The number of benzene rings is 3. The summed E-state index contributed by atoms with van der Waals surface area (Å²) in [4.78, 5) is 19.8. The van der Waals surface area contributed by atoms with E-state index in [1.54, 1.807) is 19.2 Å². The highest BCUT2D eigenvalue weighted by molar-refractivity contribution is 7.89. The molecule has 9 heteroatoms. The van der Waals surface area contributed by atoms with Gasteiger partial charge in [-0.2, -0.15) is 4.31 Å². The van der Waals surface area contributed by atoms with E-state index in [9.17, 15) is 17.6 Å². The summed E-state index contributed by atoms with van der Waals surface area (Å²) in [5.41, 5.74) is 1.44. The maximum atomic E-state index is 14.3. The number of fused-ring (bicyclic) bond motifs is 1. The molecule has 1 aliphatic rings. The highest BCUT2D eigenvalue weighted by Crippen LogP contribution is 2.32. The smallest absolute Gasteiger partial charge is 0.260 e. The quantitative estimate of drug-likeness (QED) is 0.280. The van der Waals surface area contributed by atoms with Gasteiger partial charge < -0.3 is 0 Å². The molecule has 1 aliphatic carbocycles. The van der Waals surface area contributed by atoms with Gasteiger partial charge in [-0.1, -0.05) is 67.0 Å². The van der Waals surface area contributed by atoms with E-state index >= 15 is 0 Å². The standard InChI is InChI=1S/C28H28FN3O3S2/c1-31(22-11-6-3-7-12-22)37(34,35)23-17-15-21(16-18-23)27(33)32(19-20-9-4-2-5-10-20)28-30-26-24(29)13-8-14-25(26)36-28/h2,4-5,8-10,13-18,22H,3,6-7,11-12,19H2,1H3. The fourth-order valence-electron chi connectivity index (χ4n) is 4.74. The summed E-state index contributed by atoms with van der Waals surface area (Å²) in [7, 11) is -2.03. The fraction of sp³-hybridized carbons (Fsp3) is 0.286. The normalized spacial score (nSPS) is 14.8. The summed E-state index contributed by atoms with van der Waals surface area (Å²) in [6.45, 7) is 0.242. The Bertz CT molecular complexity index is 1500. The molecule has 0 unspecified atom stereocenters. The first-order valence-corrected chi connectivity index (χ1v) is 14.6. The molecule has 0 aliphatic heterocycles. The first kappa shape index (κ1) is 25.5. The van der Waals surface area contributed by atoms with Crippen LogP contribution < -0.4 is 4.90 Å². The number of carbonyl (C=O) groups excluding carboxylic acids is 1. The second-order valence-electron chi connectivity index (χ2n) is 9.30. The number of carbonyl (C=O) groups is 1. The summed E-state index contributed by atoms with van der Waals surface area (Å²) >= 11 is 1.24. The minimum absolute atomic E-state index is 0.000790. The van der Waals surface area contributed by atoms with E-state index in [1.807, 2.05) is 30.3 Å². The maximum absolute atomic E-state index is 14.3. The Morgan fingerprint density at radius 3 is 2.35 bits per heavy atom. The van der Waals surface area contributed by atoms with Gasteiger partial charge in [0.1, 0.15) is 11.3 Å². The molecule has 0 N–H and O–H groups in total. The minimum Gasteiger partial charge on any atom is -0.279 e. The number of aromatic nitrogens is 1. The van der Waals surface area contributed by atoms with Gasteiger partial charge >= 0.3 is 0 Å². The lowest BCUT2D eigenvalue weighted by molar-refractivity contribution is 0.0985. The number of thiazole rings is 1. The molecule has 1 heterocycles. The van der Waals surface area contributed by atoms with E-state index < -0.39 is 15.8 Å². The van der Waals surface area contributed by atoms with Gasteiger partial charge in [0.15, 0.2) is 5.13 Å². The number of rotatable bonds is 7. The van der Waals surface area contributed by atoms with Crippen LogP contribution in [0.1, 0.15) is 48.0 Å². The van der Waals surface area contributed by atoms with Crippen molar-refractivity contribution in [3.8, 4) is 0 Å². The molecule has 3 aromatic carbocycles. The molecule has 37 heavy (non-hydrogen) atoms. The number of nitrogens with zero attached hydrogens (tertiary/aromatic N) is 3. The van der Waals surface area contributed by atoms with Gasteiger partial charge in [-0.05, 0) is 54.8 Å². The Balaban J connectivity index is 1.45. The van der Waals surface area contributed by atoms with Gasteiger partial charge in [-0.3, -0.25) is 9.69 Å². The third kappa shape index (κ3) is 5.30. The molecule has 0 atom stereocenters. The first-order valence-electron chi connectivity index (χ1n) is 12.3. The zero-order chi connectivity index (χ0) is 26.0. The molecule has 4 aromatic rings. The molecular formula is C28H28FN3O3S2. The van der Waals surface area contributed by atoms with Crippen molar-refractivity contribution in [2.24, 2.45) is 0 Å². The van der Waals surface area contributed by atoms with Crippen LogP contribution in [0, 0.1) is 5.82 Å². The topological polar surface area (TPSA) is 70.6 Å². The molecule has 6 nitrogen and oxygen atoms in total. The van der Waals surface area contributed by atoms with E-state index in [1.165, 1.54) is 50.9 Å². The van der Waals surface area contributed by atoms with Gasteiger partial charge in [-0.25, -0.2) is 17.8 Å². The Hall–Kier alpha value is -3.14. The molecule has 1 amide bonds. The van der Waals surface area contributed by atoms with Crippen molar-refractivity contribution in [1.82, 2.24) is 9.29 Å². The Morgan fingerprint density at radius 1 is 0.973 bits per heavy atom. The van der Waals surface area contributed by atoms with E-state index in [0.717, 1.165) is 37.7 Å². The second-order valence-corrected chi connectivity index (χ2v) is 12.3. The van der Waals surface area contributed by atoms with Crippen LogP contribution in [0.5, 0.6) is 0 Å². The number of halogens is 1. The van der Waals surface area contributed by atoms with Crippen LogP contribution >= 0.6 is 11.3 Å². The Kier molecular flexibility index (Phi) is 7.37. The molecule has 0 saturated heterocycles. The minimum atomic E-state index is -3.67. The van der Waals surface area contributed by atoms with Gasteiger partial charge in [0, 0.05) is 18.7 Å². The SMILES string of the molecule is CN(C1CCCCC1)S(=O)(=O)c1ccc(C(=O)N(Cc2ccccc2)c2nc3c(F)cccc3s2)cc1. The number of para-hydroxylation sites is 1. The first-order chi connectivity index (χ1) is 17.8. The summed E-state index contributed by atoms with van der Waals surface area (Å²) in [6, 6.07) is 20.3. The summed E-state index contributed by atoms with van der Waals surface area (Å²) in [5, 5.41) is 0.377. The number of sulfonamides is 1. The van der Waals surface area contributed by atoms with Crippen molar-refractivity contribution in [2.45, 2.75) is 49.6 Å². The van der Waals surface area contributed by atoms with Crippen molar-refractivity contribution in [3.63, 3.8) is 0 Å². The number of hydrogen-bond donors (Lipinski definition) is 0. The third-order valence-electron chi connectivity index (χ3n) is 6.89. The average Bonchev–Trinajstić information content (AvgIpc) is 3.37. The molecule has 0 bridgehead atoms. The largest absolute Gasteiger partial charge is 0.279 e. The van der Waals surface area contributed by atoms with Crippen LogP contribution in [0.3, 0.4) is 0 Å². The van der Waals surface area contributed by atoms with E-state index in [0.29, 0.717) is 15.4 Å². The molecule has 0 spiro atoms. The molecule has 1 fully saturated rings. The van der Waals surface area contributed by atoms with Gasteiger partial charge in [0.2, 0.25) is 10.0 Å². The molecule has 1 saturated carbocycles. The lowest BCUT2D eigenvalue weighted by atomic mass is 9.96. The van der Waals surface area contributed by atoms with Gasteiger partial charge in [0.05, 0.1) is 16.1 Å². The zero-order valence-corrected chi connectivity index (χ0v) is 22.1. The summed E-state index contributed by atoms with van der Waals surface area (Å²) < 4.78 is 42.9. The van der Waals surface area contributed by atoms with Crippen LogP contribution in [0.25, 0.3) is 10.2 Å². The van der Waals surface area contributed by atoms with Crippen LogP contribution in [0.4, 0.5) is 9.52 Å². The second kappa shape index (κ2) is 10.7. The Morgan fingerprint density at radius 2 is 1.68 bits per heavy atom. The van der Waals surface area contributed by atoms with E-state index in [2.05, 4.69) is 4.98 Å². The van der Waals surface area contributed by atoms with Gasteiger partial charge in [0.25, 0.3) is 5.91 Å². The van der Waals surface area contributed by atoms with E-state index in [4.69, 9.17) is 0 Å². The monoisotopic (exact) mass is 537 g/mol. The van der Waals surface area contributed by atoms with E-state index in [-0.39, 0.29) is 28.9 Å². The van der Waals surface area contributed by atoms with Crippen molar-refractivity contribution in [2.75, 3.05) is 11.9 Å². The van der Waals surface area contributed by atoms with Crippen molar-refractivity contribution < 1.29 is 17.6 Å². The third-order valence-corrected chi connectivity index (χ3v) is 9.85. The van der Waals surface area contributed by atoms with Crippen LogP contribution in [0.2, 0.25) is 0 Å². The Labute approximate surface area is 220 Å². The van der Waals surface area contributed by atoms with Gasteiger partial charge in [-0.15, -0.1) is 0 Å². The van der Waals surface area contributed by atoms with Crippen LogP contribution in [-0.4, -0.2) is 36.7 Å². The fourth-order valence-corrected chi connectivity index (χ4v) is 7.14. The lowest BCUT2D eigenvalue weighted by Gasteiger charge is -2.30. The predicted molar refractivity (Wildman–Crippen MR) is 145 cm³/mol.